The first kappa shape index (κ1) is 60.2. The van der Waals surface area contributed by atoms with E-state index in [9.17, 15) is 0 Å². The van der Waals surface area contributed by atoms with Crippen molar-refractivity contribution in [2.24, 2.45) is 0 Å². The Bertz CT molecular complexity index is 7.64. The molecule has 0 unspecified atom stereocenters. The summed E-state index contributed by atoms with van der Waals surface area (Å²) in [6, 6.07) is 0. The van der Waals surface area contributed by atoms with Crippen molar-refractivity contribution in [3.8, 4) is 0 Å². The van der Waals surface area contributed by atoms with Crippen LogP contribution in [0.25, 0.3) is 0 Å². The minimum atomic E-state index is 0. The number of hydrogen-bond acceptors (Lipinski definition) is 0. The van der Waals surface area contributed by atoms with Crippen molar-refractivity contribution in [3.05, 3.63) is 0 Å². The van der Waals surface area contributed by atoms with Crippen LogP contribution in [0.5, 0.6) is 0 Å². The molecule has 0 rings (SSSR count). The van der Waals surface area contributed by atoms with Crippen LogP contribution in [0.3, 0.4) is 0 Å². The molecule has 0 aromatic heterocycles. The SMILES string of the molecule is [Ca].[Ca].[Ca].[GaH3].[GaH3].[GaH3].[GaH3].[GaH3]. The molecule has 0 saturated carbocycles. The maximum absolute atomic E-state index is 0. The average molecular weight is 484 g/mol. The molecule has 0 aliphatic carbocycles. The van der Waals surface area contributed by atoms with Gasteiger partial charge in [-0.05, 0) is 0 Å². The molecule has 0 aliphatic rings. The van der Waals surface area contributed by atoms with Crippen molar-refractivity contribution in [2.75, 3.05) is 0 Å². The van der Waals surface area contributed by atoms with E-state index < -0.39 is 0 Å². The van der Waals surface area contributed by atoms with Gasteiger partial charge in [-0.2, -0.15) is 0 Å². The Labute approximate surface area is 206 Å². The van der Waals surface area contributed by atoms with Crippen LogP contribution in [0.4, 0.5) is 0 Å². The Morgan fingerprint density at radius 1 is 0.250 bits per heavy atom. The van der Waals surface area contributed by atoms with E-state index >= 15 is 0 Å². The zero-order valence-electron chi connectivity index (χ0n) is 2.12. The molecule has 0 atom stereocenters. The molecule has 8 heteroatoms. The van der Waals surface area contributed by atoms with Gasteiger partial charge in [0.1, 0.15) is 0 Å². The molecule has 0 spiro atoms. The summed E-state index contributed by atoms with van der Waals surface area (Å²) >= 11 is 0. The molecule has 8 heavy (non-hydrogen) atoms. The molecule has 0 heterocycles. The van der Waals surface area contributed by atoms with Crippen LogP contribution in [0, 0.1) is 0 Å². The van der Waals surface area contributed by atoms with Gasteiger partial charge in [-0.1, -0.05) is 0 Å². The summed E-state index contributed by atoms with van der Waals surface area (Å²) in [6.07, 6.45) is 0. The summed E-state index contributed by atoms with van der Waals surface area (Å²) in [7, 11) is 0. The van der Waals surface area contributed by atoms with Gasteiger partial charge in [0.15, 0.2) is 0 Å². The van der Waals surface area contributed by atoms with Crippen LogP contribution >= 0.6 is 0 Å². The molecule has 0 aromatic carbocycles. The molecule has 0 aromatic rings. The average Bonchev–Trinajstić information content (AvgIpc) is 0. The predicted molar refractivity (Wildman–Crippen MR) is 67.0 cm³/mol. The summed E-state index contributed by atoms with van der Waals surface area (Å²) in [5, 5.41) is 0. The van der Waals surface area contributed by atoms with Crippen molar-refractivity contribution in [1.82, 2.24) is 0 Å². The molecule has 0 nitrogen and oxygen atoms in total. The van der Waals surface area contributed by atoms with Crippen molar-refractivity contribution in [3.63, 3.8) is 0 Å². The van der Waals surface area contributed by atoms with Crippen LogP contribution in [0.1, 0.15) is 0 Å². The maximum atomic E-state index is 0. The van der Waals surface area contributed by atoms with Gasteiger partial charge in [0, 0.05) is 113 Å². The van der Waals surface area contributed by atoms with Crippen LogP contribution in [0.15, 0.2) is 0 Å². The van der Waals surface area contributed by atoms with Crippen molar-refractivity contribution >= 4 is 212 Å². The Morgan fingerprint density at radius 3 is 0.250 bits per heavy atom. The third-order valence-corrected chi connectivity index (χ3v) is 0. The van der Waals surface area contributed by atoms with Gasteiger partial charge in [0.25, 0.3) is 0 Å². The summed E-state index contributed by atoms with van der Waals surface area (Å²) in [5.74, 6) is 0. The monoisotopic (exact) mass is 480 g/mol. The van der Waals surface area contributed by atoms with Gasteiger partial charge >= 0.3 is 99.0 Å². The second kappa shape index (κ2) is 48.4. The van der Waals surface area contributed by atoms with Crippen LogP contribution in [-0.4, -0.2) is 212 Å². The van der Waals surface area contributed by atoms with Gasteiger partial charge in [-0.3, -0.25) is 0 Å². The summed E-state index contributed by atoms with van der Waals surface area (Å²) < 4.78 is 0. The fourth-order valence-corrected chi connectivity index (χ4v) is 0. The van der Waals surface area contributed by atoms with E-state index in [4.69, 9.17) is 0 Å². The molecular weight excluding hydrogens is 469 g/mol. The third kappa shape index (κ3) is 38.3. The first-order valence-corrected chi connectivity index (χ1v) is 0. The fourth-order valence-electron chi connectivity index (χ4n) is 0. The zero-order chi connectivity index (χ0) is 0. The van der Waals surface area contributed by atoms with E-state index in [1.54, 1.807) is 0 Å². The predicted octanol–water partition coefficient (Wildman–Crippen LogP) is -7.06. The van der Waals surface area contributed by atoms with Crippen molar-refractivity contribution in [1.29, 1.82) is 0 Å². The summed E-state index contributed by atoms with van der Waals surface area (Å²) in [5.41, 5.74) is 0. The van der Waals surface area contributed by atoms with Gasteiger partial charge < -0.3 is 0 Å². The topological polar surface area (TPSA) is 0 Å². The van der Waals surface area contributed by atoms with E-state index in [0.717, 1.165) is 0 Å². The quantitative estimate of drug-likeness (QED) is 0.301. The van der Waals surface area contributed by atoms with E-state index in [2.05, 4.69) is 0 Å². The van der Waals surface area contributed by atoms with Crippen molar-refractivity contribution < 1.29 is 0 Å². The molecule has 0 N–H and O–H groups in total. The standard InChI is InChI=1S/3Ca.5Ga.15H. The Morgan fingerprint density at radius 2 is 0.250 bits per heavy atom. The van der Waals surface area contributed by atoms with Crippen molar-refractivity contribution in [2.45, 2.75) is 0 Å². The molecule has 0 fully saturated rings. The van der Waals surface area contributed by atoms with E-state index in [1.165, 1.54) is 0 Å². The molecular formula is H15Ca3Ga5. The van der Waals surface area contributed by atoms with Crippen LogP contribution in [0.2, 0.25) is 0 Å². The van der Waals surface area contributed by atoms with E-state index in [1.807, 2.05) is 0 Å². The molecule has 0 amide bonds. The number of hydrogen-bond donors (Lipinski definition) is 0. The second-order valence-electron chi connectivity index (χ2n) is 0. The minimum absolute atomic E-state index is 0. The first-order valence-electron chi connectivity index (χ1n) is 0. The zero-order valence-corrected chi connectivity index (χ0v) is 8.75. The van der Waals surface area contributed by atoms with Gasteiger partial charge in [0.05, 0.1) is 0 Å². The van der Waals surface area contributed by atoms with Crippen LogP contribution in [-0.2, 0) is 0 Å². The molecule has 0 bridgehead atoms. The second-order valence-corrected chi connectivity index (χ2v) is 0. The Kier molecular flexibility index (Phi) is 364. The van der Waals surface area contributed by atoms with Gasteiger partial charge in [-0.25, -0.2) is 0 Å². The number of rotatable bonds is 0. The molecule has 6 radical (unpaired) electrons. The van der Waals surface area contributed by atoms with E-state index in [0.29, 0.717) is 0 Å². The Hall–Kier alpha value is 6.96. The normalized spacial score (nSPS) is 0. The summed E-state index contributed by atoms with van der Waals surface area (Å²) in [4.78, 5) is 0. The van der Waals surface area contributed by atoms with E-state index in [-0.39, 0.29) is 212 Å². The Balaban J connectivity index is 0. The molecule has 0 aliphatic heterocycles. The third-order valence-electron chi connectivity index (χ3n) is 0. The van der Waals surface area contributed by atoms with Gasteiger partial charge in [0.2, 0.25) is 0 Å². The molecule has 36 valence electrons. The van der Waals surface area contributed by atoms with Gasteiger partial charge in [-0.15, -0.1) is 0 Å². The molecule has 0 saturated heterocycles. The van der Waals surface area contributed by atoms with Crippen LogP contribution < -0.4 is 0 Å². The first-order chi connectivity index (χ1) is 0. The summed E-state index contributed by atoms with van der Waals surface area (Å²) in [6.45, 7) is 0. The fraction of sp³-hybridized carbons (Fsp3) is 0.